The number of pyridine rings is 1. The van der Waals surface area contributed by atoms with Crippen molar-refractivity contribution < 1.29 is 8.42 Å². The van der Waals surface area contributed by atoms with Crippen LogP contribution in [0.3, 0.4) is 0 Å². The minimum Gasteiger partial charge on any atom is -0.293 e. The molecule has 1 saturated heterocycles. The van der Waals surface area contributed by atoms with E-state index in [0.717, 1.165) is 33.8 Å². The summed E-state index contributed by atoms with van der Waals surface area (Å²) in [6, 6.07) is 17.6. The van der Waals surface area contributed by atoms with Crippen LogP contribution in [0.25, 0.3) is 16.9 Å². The number of hydrogen-bond donors (Lipinski definition) is 0. The number of rotatable bonds is 5. The van der Waals surface area contributed by atoms with Gasteiger partial charge in [0, 0.05) is 38.1 Å². The normalized spacial score (nSPS) is 15.7. The van der Waals surface area contributed by atoms with Gasteiger partial charge in [-0.25, -0.2) is 18.4 Å². The van der Waals surface area contributed by atoms with Gasteiger partial charge < -0.3 is 0 Å². The Morgan fingerprint density at radius 3 is 2.32 bits per heavy atom. The van der Waals surface area contributed by atoms with Crippen LogP contribution in [0, 0.1) is 20.8 Å². The van der Waals surface area contributed by atoms with Crippen LogP contribution in [0.2, 0.25) is 0 Å². The zero-order valence-electron chi connectivity index (χ0n) is 19.8. The lowest BCUT2D eigenvalue weighted by Crippen LogP contribution is -2.48. The standard InChI is InChI=1S/C26H29N5O2S/c1-19-6-9-22(10-7-19)31-25(28-24-5-4-12-27-26(24)31)18-29-13-15-30(16-14-29)34(32,33)23-11-8-20(2)21(3)17-23/h4-12,17H,13-16,18H2,1-3H3. The fourth-order valence-corrected chi connectivity index (χ4v) is 5.89. The monoisotopic (exact) mass is 475 g/mol. The maximum Gasteiger partial charge on any atom is 0.243 e. The van der Waals surface area contributed by atoms with Crippen molar-refractivity contribution >= 4 is 21.2 Å². The Balaban J connectivity index is 1.36. The molecule has 0 spiro atoms. The lowest BCUT2D eigenvalue weighted by molar-refractivity contribution is 0.177. The number of aromatic nitrogens is 3. The summed E-state index contributed by atoms with van der Waals surface area (Å²) in [6.07, 6.45) is 1.79. The SMILES string of the molecule is Cc1ccc(-n2c(CN3CCN(S(=O)(=O)c4ccc(C)c(C)c4)CC3)nc3cccnc32)cc1. The molecule has 2 aromatic heterocycles. The maximum atomic E-state index is 13.2. The van der Waals surface area contributed by atoms with Crippen molar-refractivity contribution in [1.29, 1.82) is 0 Å². The van der Waals surface area contributed by atoms with Crippen LogP contribution in [0.15, 0.2) is 65.7 Å². The Labute approximate surface area is 200 Å². The van der Waals surface area contributed by atoms with Crippen LogP contribution in [0.5, 0.6) is 0 Å². The fraction of sp³-hybridized carbons (Fsp3) is 0.308. The van der Waals surface area contributed by atoms with Crippen molar-refractivity contribution in [3.8, 4) is 5.69 Å². The third-order valence-electron chi connectivity index (χ3n) is 6.59. The first-order valence-corrected chi connectivity index (χ1v) is 13.0. The molecular formula is C26H29N5O2S. The number of benzene rings is 2. The van der Waals surface area contributed by atoms with Gasteiger partial charge in [0.15, 0.2) is 5.65 Å². The van der Waals surface area contributed by atoms with Gasteiger partial charge in [-0.1, -0.05) is 23.8 Å². The first-order valence-electron chi connectivity index (χ1n) is 11.5. The number of imidazole rings is 1. The minimum atomic E-state index is -3.50. The van der Waals surface area contributed by atoms with Crippen molar-refractivity contribution in [3.63, 3.8) is 0 Å². The van der Waals surface area contributed by atoms with E-state index in [-0.39, 0.29) is 0 Å². The number of aryl methyl sites for hydroxylation is 3. The lowest BCUT2D eigenvalue weighted by Gasteiger charge is -2.33. The Morgan fingerprint density at radius 2 is 1.62 bits per heavy atom. The number of nitrogens with zero attached hydrogens (tertiary/aromatic N) is 5. The molecule has 1 aliphatic heterocycles. The van der Waals surface area contributed by atoms with Crippen molar-refractivity contribution in [3.05, 3.63) is 83.3 Å². The predicted molar refractivity (Wildman–Crippen MR) is 134 cm³/mol. The van der Waals surface area contributed by atoms with Gasteiger partial charge in [-0.3, -0.25) is 9.47 Å². The summed E-state index contributed by atoms with van der Waals surface area (Å²) < 4.78 is 30.1. The van der Waals surface area contributed by atoms with E-state index in [1.165, 1.54) is 5.56 Å². The van der Waals surface area contributed by atoms with Gasteiger partial charge >= 0.3 is 0 Å². The predicted octanol–water partition coefficient (Wildman–Crippen LogP) is 3.85. The van der Waals surface area contributed by atoms with Gasteiger partial charge in [0.1, 0.15) is 11.3 Å². The zero-order valence-corrected chi connectivity index (χ0v) is 20.6. The molecule has 0 bridgehead atoms. The molecule has 34 heavy (non-hydrogen) atoms. The second-order valence-electron chi connectivity index (χ2n) is 8.97. The van der Waals surface area contributed by atoms with Crippen LogP contribution in [0.1, 0.15) is 22.5 Å². The third kappa shape index (κ3) is 4.24. The largest absolute Gasteiger partial charge is 0.293 e. The zero-order chi connectivity index (χ0) is 23.9. The molecule has 7 nitrogen and oxygen atoms in total. The maximum absolute atomic E-state index is 13.2. The van der Waals surface area contributed by atoms with Crippen LogP contribution < -0.4 is 0 Å². The van der Waals surface area contributed by atoms with Crippen LogP contribution in [-0.2, 0) is 16.6 Å². The lowest BCUT2D eigenvalue weighted by atomic mass is 10.1. The Kier molecular flexibility index (Phi) is 5.97. The van der Waals surface area contributed by atoms with Crippen LogP contribution >= 0.6 is 0 Å². The molecular weight excluding hydrogens is 446 g/mol. The summed E-state index contributed by atoms with van der Waals surface area (Å²) in [4.78, 5) is 12.1. The highest BCUT2D eigenvalue weighted by atomic mass is 32.2. The smallest absolute Gasteiger partial charge is 0.243 e. The molecule has 2 aromatic carbocycles. The Bertz CT molecular complexity index is 1440. The summed E-state index contributed by atoms with van der Waals surface area (Å²) in [7, 11) is -3.50. The van der Waals surface area contributed by atoms with E-state index >= 15 is 0 Å². The van der Waals surface area contributed by atoms with E-state index < -0.39 is 10.0 Å². The molecule has 1 fully saturated rings. The average Bonchev–Trinajstić information content (AvgIpc) is 3.19. The van der Waals surface area contributed by atoms with E-state index in [0.29, 0.717) is 37.6 Å². The number of sulfonamides is 1. The molecule has 0 unspecified atom stereocenters. The molecule has 4 aromatic rings. The third-order valence-corrected chi connectivity index (χ3v) is 8.48. The number of fused-ring (bicyclic) bond motifs is 1. The molecule has 0 amide bonds. The van der Waals surface area contributed by atoms with Crippen LogP contribution in [-0.4, -0.2) is 58.3 Å². The first-order chi connectivity index (χ1) is 16.3. The van der Waals surface area contributed by atoms with E-state index in [1.807, 2.05) is 32.0 Å². The molecule has 0 atom stereocenters. The minimum absolute atomic E-state index is 0.372. The Morgan fingerprint density at radius 1 is 0.882 bits per heavy atom. The van der Waals surface area contributed by atoms with Gasteiger partial charge in [0.2, 0.25) is 10.0 Å². The van der Waals surface area contributed by atoms with E-state index in [1.54, 1.807) is 22.6 Å². The summed E-state index contributed by atoms with van der Waals surface area (Å²) in [6.45, 7) is 8.84. The summed E-state index contributed by atoms with van der Waals surface area (Å²) in [5, 5.41) is 0. The number of hydrogen-bond acceptors (Lipinski definition) is 5. The molecule has 8 heteroatoms. The highest BCUT2D eigenvalue weighted by Gasteiger charge is 2.29. The second-order valence-corrected chi connectivity index (χ2v) is 10.9. The average molecular weight is 476 g/mol. The first kappa shape index (κ1) is 22.7. The van der Waals surface area contributed by atoms with Gasteiger partial charge in [-0.15, -0.1) is 0 Å². The highest BCUT2D eigenvalue weighted by molar-refractivity contribution is 7.89. The summed E-state index contributed by atoms with van der Waals surface area (Å²) in [5.41, 5.74) is 5.99. The molecule has 3 heterocycles. The van der Waals surface area contributed by atoms with Crippen molar-refractivity contribution in [2.24, 2.45) is 0 Å². The fourth-order valence-electron chi connectivity index (χ4n) is 4.38. The molecule has 176 valence electrons. The van der Waals surface area contributed by atoms with E-state index in [9.17, 15) is 8.42 Å². The second kappa shape index (κ2) is 8.94. The van der Waals surface area contributed by atoms with Crippen molar-refractivity contribution in [2.75, 3.05) is 26.2 Å². The van der Waals surface area contributed by atoms with Gasteiger partial charge in [-0.2, -0.15) is 4.31 Å². The van der Waals surface area contributed by atoms with Crippen LogP contribution in [0.4, 0.5) is 0 Å². The topological polar surface area (TPSA) is 71.3 Å². The van der Waals surface area contributed by atoms with Gasteiger partial charge in [0.25, 0.3) is 0 Å². The summed E-state index contributed by atoms with van der Waals surface area (Å²) >= 11 is 0. The molecule has 5 rings (SSSR count). The van der Waals surface area contributed by atoms with Gasteiger partial charge in [-0.05, 0) is 68.3 Å². The Hall–Kier alpha value is -3.07. The van der Waals surface area contributed by atoms with Crippen molar-refractivity contribution in [2.45, 2.75) is 32.2 Å². The van der Waals surface area contributed by atoms with E-state index in [2.05, 4.69) is 45.6 Å². The van der Waals surface area contributed by atoms with Gasteiger partial charge in [0.05, 0.1) is 11.4 Å². The number of piperazine rings is 1. The molecule has 0 N–H and O–H groups in total. The van der Waals surface area contributed by atoms with E-state index in [4.69, 9.17) is 4.98 Å². The molecule has 0 saturated carbocycles. The molecule has 1 aliphatic rings. The quantitative estimate of drug-likeness (QED) is 0.438. The summed E-state index contributed by atoms with van der Waals surface area (Å²) in [5.74, 6) is 0.906. The molecule has 0 radical (unpaired) electrons. The highest BCUT2D eigenvalue weighted by Crippen LogP contribution is 2.24. The molecule has 0 aliphatic carbocycles. The van der Waals surface area contributed by atoms with Crippen molar-refractivity contribution in [1.82, 2.24) is 23.7 Å².